The zero-order chi connectivity index (χ0) is 14.0. The monoisotopic (exact) mass is 302 g/mol. The van der Waals surface area contributed by atoms with E-state index in [1.54, 1.807) is 16.7 Å². The number of aryl methyl sites for hydroxylation is 1. The Balaban J connectivity index is 2.37. The molecule has 7 heteroatoms. The first kappa shape index (κ1) is 14.0. The predicted octanol–water partition coefficient (Wildman–Crippen LogP) is 2.56. The van der Waals surface area contributed by atoms with Gasteiger partial charge in [-0.1, -0.05) is 19.1 Å². The van der Waals surface area contributed by atoms with Gasteiger partial charge in [0.2, 0.25) is 0 Å². The third-order valence-electron chi connectivity index (χ3n) is 2.65. The highest BCUT2D eigenvalue weighted by atomic mass is 35.7. The van der Waals surface area contributed by atoms with E-state index in [0.29, 0.717) is 18.8 Å². The molecule has 0 N–H and O–H groups in total. The molecule has 2 aromatic rings. The molecule has 4 nitrogen and oxygen atoms in total. The summed E-state index contributed by atoms with van der Waals surface area (Å²) >= 11 is 0. The molecular weight excluding hydrogens is 291 g/mol. The van der Waals surface area contributed by atoms with Gasteiger partial charge in [0.25, 0.3) is 9.05 Å². The standard InChI is InChI=1S/C12H12ClFN2O2S/c1-2-11-15-12(19(13,17)18)8-16(11)7-9-4-3-5-10(14)6-9/h3-6,8H,2,7H2,1H3. The van der Waals surface area contributed by atoms with Crippen LogP contribution in [0.15, 0.2) is 35.5 Å². The van der Waals surface area contributed by atoms with Gasteiger partial charge in [-0.2, -0.15) is 0 Å². The predicted molar refractivity (Wildman–Crippen MR) is 70.1 cm³/mol. The lowest BCUT2D eigenvalue weighted by molar-refractivity contribution is 0.606. The van der Waals surface area contributed by atoms with Gasteiger partial charge >= 0.3 is 0 Å². The van der Waals surface area contributed by atoms with Crippen molar-refractivity contribution in [2.75, 3.05) is 0 Å². The lowest BCUT2D eigenvalue weighted by atomic mass is 10.2. The lowest BCUT2D eigenvalue weighted by Crippen LogP contribution is -2.03. The van der Waals surface area contributed by atoms with Gasteiger partial charge in [-0.05, 0) is 17.7 Å². The van der Waals surface area contributed by atoms with Crippen LogP contribution in [0, 0.1) is 5.82 Å². The molecule has 19 heavy (non-hydrogen) atoms. The van der Waals surface area contributed by atoms with Crippen LogP contribution >= 0.6 is 10.7 Å². The Morgan fingerprint density at radius 3 is 2.74 bits per heavy atom. The van der Waals surface area contributed by atoms with Crippen LogP contribution in [0.4, 0.5) is 4.39 Å². The van der Waals surface area contributed by atoms with Crippen molar-refractivity contribution in [3.05, 3.63) is 47.7 Å². The number of hydrogen-bond acceptors (Lipinski definition) is 3. The number of aromatic nitrogens is 2. The van der Waals surface area contributed by atoms with Crippen LogP contribution in [0.1, 0.15) is 18.3 Å². The molecular formula is C12H12ClFN2O2S. The molecule has 2 rings (SSSR count). The number of halogens is 2. The number of benzene rings is 1. The molecule has 0 amide bonds. The van der Waals surface area contributed by atoms with Crippen LogP contribution < -0.4 is 0 Å². The first-order valence-corrected chi connectivity index (χ1v) is 7.96. The summed E-state index contributed by atoms with van der Waals surface area (Å²) in [7, 11) is 1.42. The Labute approximate surface area is 115 Å². The molecule has 0 radical (unpaired) electrons. The molecule has 0 fully saturated rings. The molecule has 0 bridgehead atoms. The summed E-state index contributed by atoms with van der Waals surface area (Å²) < 4.78 is 37.3. The number of nitrogens with zero attached hydrogens (tertiary/aromatic N) is 2. The summed E-state index contributed by atoms with van der Waals surface area (Å²) in [6.07, 6.45) is 1.92. The maximum atomic E-state index is 13.1. The third kappa shape index (κ3) is 3.33. The topological polar surface area (TPSA) is 52.0 Å². The zero-order valence-electron chi connectivity index (χ0n) is 10.2. The van der Waals surface area contributed by atoms with E-state index >= 15 is 0 Å². The minimum atomic E-state index is -3.85. The highest BCUT2D eigenvalue weighted by Crippen LogP contribution is 2.16. The average Bonchev–Trinajstić information content (AvgIpc) is 2.72. The minimum absolute atomic E-state index is 0.178. The lowest BCUT2D eigenvalue weighted by Gasteiger charge is -2.06. The normalized spacial score (nSPS) is 11.7. The Kier molecular flexibility index (Phi) is 3.91. The van der Waals surface area contributed by atoms with Crippen LogP contribution in [0.2, 0.25) is 0 Å². The molecule has 1 heterocycles. The van der Waals surface area contributed by atoms with Crippen molar-refractivity contribution in [1.82, 2.24) is 9.55 Å². The molecule has 0 atom stereocenters. The molecule has 0 aliphatic rings. The molecule has 0 aliphatic heterocycles. The number of rotatable bonds is 4. The fraction of sp³-hybridized carbons (Fsp3) is 0.250. The highest BCUT2D eigenvalue weighted by Gasteiger charge is 2.17. The van der Waals surface area contributed by atoms with E-state index in [-0.39, 0.29) is 10.8 Å². The van der Waals surface area contributed by atoms with Gasteiger partial charge in [0.15, 0.2) is 5.03 Å². The van der Waals surface area contributed by atoms with Crippen LogP contribution in [-0.4, -0.2) is 18.0 Å². The minimum Gasteiger partial charge on any atom is -0.329 e. The van der Waals surface area contributed by atoms with Crippen LogP contribution in [0.5, 0.6) is 0 Å². The van der Waals surface area contributed by atoms with Crippen molar-refractivity contribution in [3.63, 3.8) is 0 Å². The van der Waals surface area contributed by atoms with Crippen molar-refractivity contribution < 1.29 is 12.8 Å². The quantitative estimate of drug-likeness (QED) is 0.816. The summed E-state index contributed by atoms with van der Waals surface area (Å²) in [5.41, 5.74) is 0.727. The maximum Gasteiger partial charge on any atom is 0.280 e. The van der Waals surface area contributed by atoms with Gasteiger partial charge in [0.05, 0.1) is 0 Å². The molecule has 0 saturated carbocycles. The summed E-state index contributed by atoms with van der Waals surface area (Å²) in [6.45, 7) is 2.20. The number of imidazole rings is 1. The SMILES string of the molecule is CCc1nc(S(=O)(=O)Cl)cn1Cc1cccc(F)c1. The van der Waals surface area contributed by atoms with E-state index < -0.39 is 9.05 Å². The zero-order valence-corrected chi connectivity index (χ0v) is 11.7. The molecule has 0 spiro atoms. The fourth-order valence-electron chi connectivity index (χ4n) is 1.80. The highest BCUT2D eigenvalue weighted by molar-refractivity contribution is 8.13. The Bertz CT molecular complexity index is 698. The molecule has 0 unspecified atom stereocenters. The summed E-state index contributed by atoms with van der Waals surface area (Å²) in [4.78, 5) is 3.97. The second kappa shape index (κ2) is 5.30. The second-order valence-corrected chi connectivity index (χ2v) is 6.56. The molecule has 1 aromatic heterocycles. The Hall–Kier alpha value is -1.40. The molecule has 0 saturated heterocycles. The van der Waals surface area contributed by atoms with Crippen LogP contribution in [0.3, 0.4) is 0 Å². The van der Waals surface area contributed by atoms with Gasteiger partial charge in [-0.15, -0.1) is 0 Å². The number of hydrogen-bond donors (Lipinski definition) is 0. The van der Waals surface area contributed by atoms with Crippen molar-refractivity contribution in [3.8, 4) is 0 Å². The summed E-state index contributed by atoms with van der Waals surface area (Å²) in [6, 6.07) is 6.12. The van der Waals surface area contributed by atoms with Crippen molar-refractivity contribution >= 4 is 19.7 Å². The molecule has 0 aliphatic carbocycles. The van der Waals surface area contributed by atoms with E-state index in [9.17, 15) is 12.8 Å². The van der Waals surface area contributed by atoms with E-state index in [4.69, 9.17) is 10.7 Å². The van der Waals surface area contributed by atoms with Crippen molar-refractivity contribution in [2.45, 2.75) is 24.9 Å². The Morgan fingerprint density at radius 1 is 1.42 bits per heavy atom. The van der Waals surface area contributed by atoms with E-state index in [0.717, 1.165) is 5.56 Å². The van der Waals surface area contributed by atoms with Crippen LogP contribution in [0.25, 0.3) is 0 Å². The summed E-state index contributed by atoms with van der Waals surface area (Å²) in [5, 5.41) is -0.178. The second-order valence-electron chi connectivity index (χ2n) is 4.04. The third-order valence-corrected chi connectivity index (χ3v) is 3.82. The average molecular weight is 303 g/mol. The first-order chi connectivity index (χ1) is 8.90. The largest absolute Gasteiger partial charge is 0.329 e. The smallest absolute Gasteiger partial charge is 0.280 e. The van der Waals surface area contributed by atoms with Gasteiger partial charge in [0.1, 0.15) is 11.6 Å². The van der Waals surface area contributed by atoms with E-state index in [1.807, 2.05) is 6.92 Å². The maximum absolute atomic E-state index is 13.1. The first-order valence-electron chi connectivity index (χ1n) is 5.65. The van der Waals surface area contributed by atoms with Crippen molar-refractivity contribution in [1.29, 1.82) is 0 Å². The fourth-order valence-corrected chi connectivity index (χ4v) is 2.49. The van der Waals surface area contributed by atoms with Gasteiger partial charge in [-0.3, -0.25) is 0 Å². The van der Waals surface area contributed by atoms with Crippen LogP contribution in [-0.2, 0) is 22.0 Å². The van der Waals surface area contributed by atoms with Gasteiger partial charge in [0, 0.05) is 29.8 Å². The van der Waals surface area contributed by atoms with Gasteiger partial charge < -0.3 is 4.57 Å². The van der Waals surface area contributed by atoms with E-state index in [2.05, 4.69) is 4.98 Å². The van der Waals surface area contributed by atoms with E-state index in [1.165, 1.54) is 18.3 Å². The van der Waals surface area contributed by atoms with Gasteiger partial charge in [-0.25, -0.2) is 17.8 Å². The van der Waals surface area contributed by atoms with Crippen molar-refractivity contribution in [2.24, 2.45) is 0 Å². The molecule has 102 valence electrons. The summed E-state index contributed by atoms with van der Waals surface area (Å²) in [5.74, 6) is 0.254. The molecule has 1 aromatic carbocycles. The Morgan fingerprint density at radius 2 is 2.16 bits per heavy atom.